The number of benzene rings is 2. The average molecular weight is 397 g/mol. The van der Waals surface area contributed by atoms with Crippen molar-refractivity contribution in [1.82, 2.24) is 0 Å². The number of ether oxygens (including phenoxy) is 1. The first-order chi connectivity index (χ1) is 13.0. The highest BCUT2D eigenvalue weighted by atomic mass is 35.5. The Morgan fingerprint density at radius 1 is 1.19 bits per heavy atom. The number of carbonyl (C=O) groups excluding carboxylic acids is 1. The summed E-state index contributed by atoms with van der Waals surface area (Å²) in [6, 6.07) is 13.9. The zero-order valence-corrected chi connectivity index (χ0v) is 15.4. The molecular formula is C19H21ClF2N3O2+. The summed E-state index contributed by atoms with van der Waals surface area (Å²) >= 11 is 6.04. The van der Waals surface area contributed by atoms with Gasteiger partial charge in [-0.25, -0.2) is 0 Å². The number of alkyl halides is 2. The van der Waals surface area contributed by atoms with Gasteiger partial charge >= 0.3 is 6.61 Å². The summed E-state index contributed by atoms with van der Waals surface area (Å²) in [6.07, 6.45) is 0. The first-order valence-electron chi connectivity index (χ1n) is 8.69. The van der Waals surface area contributed by atoms with E-state index in [1.165, 1.54) is 6.07 Å². The van der Waals surface area contributed by atoms with E-state index in [1.807, 2.05) is 24.3 Å². The quantitative estimate of drug-likeness (QED) is 0.787. The summed E-state index contributed by atoms with van der Waals surface area (Å²) in [6.45, 7) is 0.562. The lowest BCUT2D eigenvalue weighted by Crippen LogP contribution is -3.15. The smallest absolute Gasteiger partial charge is 0.387 e. The van der Waals surface area contributed by atoms with Crippen molar-refractivity contribution in [3.05, 3.63) is 53.6 Å². The molecule has 1 aliphatic rings. The second-order valence-corrected chi connectivity index (χ2v) is 6.75. The molecule has 0 aromatic heterocycles. The molecule has 1 fully saturated rings. The Balaban J connectivity index is 1.51. The van der Waals surface area contributed by atoms with E-state index < -0.39 is 6.61 Å². The molecule has 0 aliphatic carbocycles. The maximum absolute atomic E-state index is 12.5. The fraction of sp³-hybridized carbons (Fsp3) is 0.316. The minimum absolute atomic E-state index is 0.0402. The SMILES string of the molecule is O=C(C[NH+]1CCN(c2cccc(Cl)c2)CC1)Nc1ccccc1OC(F)F. The van der Waals surface area contributed by atoms with Crippen molar-refractivity contribution in [2.45, 2.75) is 6.61 Å². The van der Waals surface area contributed by atoms with Crippen molar-refractivity contribution < 1.29 is 23.2 Å². The Kier molecular flexibility index (Phi) is 6.47. The summed E-state index contributed by atoms with van der Waals surface area (Å²) in [7, 11) is 0. The monoisotopic (exact) mass is 396 g/mol. The molecule has 1 heterocycles. The Labute approximate surface area is 161 Å². The third-order valence-electron chi connectivity index (χ3n) is 4.43. The van der Waals surface area contributed by atoms with Gasteiger partial charge in [0.1, 0.15) is 5.75 Å². The number of hydrogen-bond donors (Lipinski definition) is 2. The van der Waals surface area contributed by atoms with Crippen LogP contribution >= 0.6 is 11.6 Å². The summed E-state index contributed by atoms with van der Waals surface area (Å²) in [5.74, 6) is -0.270. The van der Waals surface area contributed by atoms with Crippen LogP contribution in [0.15, 0.2) is 48.5 Å². The number of hydrogen-bond acceptors (Lipinski definition) is 3. The number of quaternary nitrogens is 1. The van der Waals surface area contributed by atoms with Crippen LogP contribution in [-0.2, 0) is 4.79 Å². The van der Waals surface area contributed by atoms with Crippen LogP contribution < -0.4 is 19.9 Å². The predicted octanol–water partition coefficient (Wildman–Crippen LogP) is 2.29. The Bertz CT molecular complexity index is 783. The van der Waals surface area contributed by atoms with Crippen LogP contribution in [0.2, 0.25) is 5.02 Å². The molecule has 0 radical (unpaired) electrons. The van der Waals surface area contributed by atoms with Gasteiger partial charge in [0.25, 0.3) is 5.91 Å². The van der Waals surface area contributed by atoms with Crippen LogP contribution in [0.25, 0.3) is 0 Å². The zero-order valence-electron chi connectivity index (χ0n) is 14.6. The van der Waals surface area contributed by atoms with E-state index in [9.17, 15) is 13.6 Å². The lowest BCUT2D eigenvalue weighted by Gasteiger charge is -2.33. The number of halogens is 3. The van der Waals surface area contributed by atoms with Crippen LogP contribution in [0.5, 0.6) is 5.75 Å². The number of piperazine rings is 1. The highest BCUT2D eigenvalue weighted by molar-refractivity contribution is 6.30. The molecule has 144 valence electrons. The first-order valence-corrected chi connectivity index (χ1v) is 9.07. The second-order valence-electron chi connectivity index (χ2n) is 6.32. The fourth-order valence-electron chi connectivity index (χ4n) is 3.12. The minimum atomic E-state index is -2.94. The van der Waals surface area contributed by atoms with Gasteiger partial charge in [0, 0.05) is 10.7 Å². The number of nitrogens with zero attached hydrogens (tertiary/aromatic N) is 1. The van der Waals surface area contributed by atoms with E-state index in [0.29, 0.717) is 5.02 Å². The highest BCUT2D eigenvalue weighted by Crippen LogP contribution is 2.25. The van der Waals surface area contributed by atoms with E-state index >= 15 is 0 Å². The highest BCUT2D eigenvalue weighted by Gasteiger charge is 2.23. The topological polar surface area (TPSA) is 46.0 Å². The number of nitrogens with one attached hydrogen (secondary N) is 2. The molecule has 0 spiro atoms. The van der Waals surface area contributed by atoms with Crippen molar-refractivity contribution in [1.29, 1.82) is 0 Å². The van der Waals surface area contributed by atoms with Gasteiger partial charge in [-0.1, -0.05) is 29.8 Å². The number of rotatable bonds is 6. The summed E-state index contributed by atoms with van der Waals surface area (Å²) < 4.78 is 29.4. The van der Waals surface area contributed by atoms with Gasteiger partial charge < -0.3 is 19.9 Å². The Hall–Kier alpha value is -2.38. The first kappa shape index (κ1) is 19.4. The molecule has 0 saturated carbocycles. The van der Waals surface area contributed by atoms with Crippen molar-refractivity contribution >= 4 is 28.9 Å². The zero-order chi connectivity index (χ0) is 19.2. The van der Waals surface area contributed by atoms with Gasteiger partial charge in [-0.3, -0.25) is 4.79 Å². The lowest BCUT2D eigenvalue weighted by molar-refractivity contribution is -0.892. The van der Waals surface area contributed by atoms with Crippen molar-refractivity contribution in [2.75, 3.05) is 42.9 Å². The molecular weight excluding hydrogens is 376 g/mol. The van der Waals surface area contributed by atoms with Crippen LogP contribution in [0.1, 0.15) is 0 Å². The molecule has 0 unspecified atom stereocenters. The summed E-state index contributed by atoms with van der Waals surface area (Å²) in [5, 5.41) is 3.36. The average Bonchev–Trinajstić information content (AvgIpc) is 2.63. The van der Waals surface area contributed by atoms with Gasteiger partial charge in [0.2, 0.25) is 0 Å². The van der Waals surface area contributed by atoms with E-state index in [4.69, 9.17) is 11.6 Å². The summed E-state index contributed by atoms with van der Waals surface area (Å²) in [5.41, 5.74) is 1.32. The molecule has 8 heteroatoms. The molecule has 3 rings (SSSR count). The third kappa shape index (κ3) is 5.55. The number of amides is 1. The molecule has 1 saturated heterocycles. The predicted molar refractivity (Wildman–Crippen MR) is 101 cm³/mol. The maximum Gasteiger partial charge on any atom is 0.387 e. The van der Waals surface area contributed by atoms with Crippen molar-refractivity contribution in [3.8, 4) is 5.75 Å². The van der Waals surface area contributed by atoms with E-state index in [0.717, 1.165) is 36.8 Å². The van der Waals surface area contributed by atoms with Gasteiger partial charge in [-0.2, -0.15) is 8.78 Å². The van der Waals surface area contributed by atoms with Gasteiger partial charge in [-0.15, -0.1) is 0 Å². The number of para-hydroxylation sites is 2. The van der Waals surface area contributed by atoms with Crippen molar-refractivity contribution in [3.63, 3.8) is 0 Å². The molecule has 0 bridgehead atoms. The fourth-order valence-corrected chi connectivity index (χ4v) is 3.31. The molecule has 0 atom stereocenters. The van der Waals surface area contributed by atoms with Crippen LogP contribution in [-0.4, -0.2) is 45.2 Å². The normalized spacial score (nSPS) is 15.0. The number of carbonyl (C=O) groups is 1. The minimum Gasteiger partial charge on any atom is -0.433 e. The summed E-state index contributed by atoms with van der Waals surface area (Å²) in [4.78, 5) is 15.7. The molecule has 1 amide bonds. The molecule has 1 aliphatic heterocycles. The van der Waals surface area contributed by atoms with Crippen LogP contribution in [0.4, 0.5) is 20.2 Å². The second kappa shape index (κ2) is 9.01. The van der Waals surface area contributed by atoms with Crippen LogP contribution in [0, 0.1) is 0 Å². The molecule has 27 heavy (non-hydrogen) atoms. The lowest BCUT2D eigenvalue weighted by atomic mass is 10.2. The molecule has 2 aromatic carbocycles. The van der Waals surface area contributed by atoms with Crippen LogP contribution in [0.3, 0.4) is 0 Å². The standard InChI is InChI=1S/C19H20ClF2N3O2/c20-14-4-3-5-15(12-14)25-10-8-24(9-11-25)13-18(26)23-16-6-1-2-7-17(16)27-19(21)22/h1-7,12,19H,8-11,13H2,(H,23,26)/p+1. The largest absolute Gasteiger partial charge is 0.433 e. The third-order valence-corrected chi connectivity index (χ3v) is 4.67. The molecule has 2 N–H and O–H groups in total. The molecule has 2 aromatic rings. The Morgan fingerprint density at radius 3 is 2.63 bits per heavy atom. The van der Waals surface area contributed by atoms with Gasteiger partial charge in [0.15, 0.2) is 6.54 Å². The van der Waals surface area contributed by atoms with Crippen molar-refractivity contribution in [2.24, 2.45) is 0 Å². The molecule has 5 nitrogen and oxygen atoms in total. The number of anilines is 2. The van der Waals surface area contributed by atoms with E-state index in [2.05, 4.69) is 15.0 Å². The Morgan fingerprint density at radius 2 is 1.93 bits per heavy atom. The van der Waals surface area contributed by atoms with E-state index in [1.54, 1.807) is 18.2 Å². The van der Waals surface area contributed by atoms with Gasteiger partial charge in [0.05, 0.1) is 31.9 Å². The van der Waals surface area contributed by atoms with E-state index in [-0.39, 0.29) is 23.9 Å². The van der Waals surface area contributed by atoms with Gasteiger partial charge in [-0.05, 0) is 30.3 Å². The maximum atomic E-state index is 12.5.